The fourth-order valence-corrected chi connectivity index (χ4v) is 0.849. The summed E-state index contributed by atoms with van der Waals surface area (Å²) in [5.41, 5.74) is 0.241. The molecule has 0 aliphatic carbocycles. The SMILES string of the molecule is S[C@@H]1CCCO1. The van der Waals surface area contributed by atoms with E-state index in [0.717, 1.165) is 13.0 Å². The summed E-state index contributed by atoms with van der Waals surface area (Å²) in [5, 5.41) is 0. The molecule has 0 unspecified atom stereocenters. The molecule has 6 heavy (non-hydrogen) atoms. The van der Waals surface area contributed by atoms with Crippen molar-refractivity contribution < 1.29 is 4.74 Å². The van der Waals surface area contributed by atoms with E-state index >= 15 is 0 Å². The van der Waals surface area contributed by atoms with Gasteiger partial charge in [0.1, 0.15) is 0 Å². The Morgan fingerprint density at radius 1 is 1.67 bits per heavy atom. The molecule has 1 aliphatic rings. The normalized spacial score (nSPS) is 34.5. The number of thiol groups is 1. The van der Waals surface area contributed by atoms with Crippen molar-refractivity contribution in [3.05, 3.63) is 0 Å². The lowest BCUT2D eigenvalue weighted by Crippen LogP contribution is -1.90. The molecule has 0 saturated carbocycles. The molecule has 1 saturated heterocycles. The second kappa shape index (κ2) is 1.85. The van der Waals surface area contributed by atoms with Gasteiger partial charge in [0.05, 0.1) is 5.44 Å². The van der Waals surface area contributed by atoms with Gasteiger partial charge in [-0.2, -0.15) is 0 Å². The van der Waals surface area contributed by atoms with E-state index in [0.29, 0.717) is 0 Å². The van der Waals surface area contributed by atoms with Gasteiger partial charge in [0, 0.05) is 6.61 Å². The molecular formula is C4H8OS. The minimum Gasteiger partial charge on any atom is -0.368 e. The van der Waals surface area contributed by atoms with Gasteiger partial charge in [-0.05, 0) is 12.8 Å². The van der Waals surface area contributed by atoms with Crippen LogP contribution in [0.1, 0.15) is 12.8 Å². The number of hydrogen-bond donors (Lipinski definition) is 1. The molecule has 0 radical (unpaired) electrons. The summed E-state index contributed by atoms with van der Waals surface area (Å²) in [4.78, 5) is 0. The minimum atomic E-state index is 0.241. The zero-order chi connectivity index (χ0) is 4.41. The third-order valence-corrected chi connectivity index (χ3v) is 1.31. The Hall–Kier alpha value is 0.310. The van der Waals surface area contributed by atoms with Gasteiger partial charge in [0.15, 0.2) is 0 Å². The Bertz CT molecular complexity index is 40.8. The molecule has 0 aromatic heterocycles. The zero-order valence-electron chi connectivity index (χ0n) is 3.55. The van der Waals surface area contributed by atoms with Crippen molar-refractivity contribution in [3.8, 4) is 0 Å². The van der Waals surface area contributed by atoms with Crippen LogP contribution in [0.4, 0.5) is 0 Å². The summed E-state index contributed by atoms with van der Waals surface area (Å²) in [6.45, 7) is 0.911. The van der Waals surface area contributed by atoms with Crippen molar-refractivity contribution in [1.29, 1.82) is 0 Å². The molecule has 0 N–H and O–H groups in total. The van der Waals surface area contributed by atoms with Crippen molar-refractivity contribution in [2.75, 3.05) is 6.61 Å². The summed E-state index contributed by atoms with van der Waals surface area (Å²) < 4.78 is 5.02. The quantitative estimate of drug-likeness (QED) is 0.452. The van der Waals surface area contributed by atoms with Gasteiger partial charge < -0.3 is 4.74 Å². The second-order valence-corrected chi connectivity index (χ2v) is 2.04. The highest BCUT2D eigenvalue weighted by Crippen LogP contribution is 2.13. The number of rotatable bonds is 0. The third-order valence-electron chi connectivity index (χ3n) is 0.906. The minimum absolute atomic E-state index is 0.241. The fraction of sp³-hybridized carbons (Fsp3) is 1.00. The molecular weight excluding hydrogens is 96.1 g/mol. The number of hydrogen-bond acceptors (Lipinski definition) is 2. The predicted octanol–water partition coefficient (Wildman–Crippen LogP) is 1.05. The van der Waals surface area contributed by atoms with Crippen molar-refractivity contribution in [3.63, 3.8) is 0 Å². The van der Waals surface area contributed by atoms with Crippen molar-refractivity contribution in [2.45, 2.75) is 18.3 Å². The van der Waals surface area contributed by atoms with E-state index in [1.807, 2.05) is 0 Å². The maximum Gasteiger partial charge on any atom is 0.1000 e. The Morgan fingerprint density at radius 2 is 2.50 bits per heavy atom. The highest BCUT2D eigenvalue weighted by atomic mass is 32.1. The molecule has 1 rings (SSSR count). The molecule has 0 amide bonds. The van der Waals surface area contributed by atoms with Gasteiger partial charge in [0.2, 0.25) is 0 Å². The Morgan fingerprint density at radius 3 is 2.67 bits per heavy atom. The van der Waals surface area contributed by atoms with Gasteiger partial charge in [-0.15, -0.1) is 12.6 Å². The molecule has 0 bridgehead atoms. The van der Waals surface area contributed by atoms with Crippen LogP contribution in [0.3, 0.4) is 0 Å². The van der Waals surface area contributed by atoms with Crippen LogP contribution in [0.2, 0.25) is 0 Å². The first-order valence-electron chi connectivity index (χ1n) is 2.19. The Labute approximate surface area is 43.1 Å². The maximum atomic E-state index is 5.02. The van der Waals surface area contributed by atoms with E-state index in [4.69, 9.17) is 4.74 Å². The van der Waals surface area contributed by atoms with E-state index in [2.05, 4.69) is 12.6 Å². The lowest BCUT2D eigenvalue weighted by atomic mass is 10.4. The van der Waals surface area contributed by atoms with E-state index in [-0.39, 0.29) is 5.44 Å². The Balaban J connectivity index is 2.18. The van der Waals surface area contributed by atoms with Crippen LogP contribution >= 0.6 is 12.6 Å². The van der Waals surface area contributed by atoms with Crippen LogP contribution in [0.15, 0.2) is 0 Å². The average Bonchev–Trinajstić information content (AvgIpc) is 1.86. The molecule has 1 fully saturated rings. The molecule has 2 heteroatoms. The highest BCUT2D eigenvalue weighted by Gasteiger charge is 2.08. The lowest BCUT2D eigenvalue weighted by Gasteiger charge is -1.93. The van der Waals surface area contributed by atoms with E-state index in [1.54, 1.807) is 0 Å². The van der Waals surface area contributed by atoms with Crippen molar-refractivity contribution in [2.24, 2.45) is 0 Å². The van der Waals surface area contributed by atoms with Crippen LogP contribution in [0.5, 0.6) is 0 Å². The van der Waals surface area contributed by atoms with E-state index in [9.17, 15) is 0 Å². The largest absolute Gasteiger partial charge is 0.368 e. The van der Waals surface area contributed by atoms with Crippen LogP contribution in [-0.2, 0) is 4.74 Å². The van der Waals surface area contributed by atoms with Crippen LogP contribution < -0.4 is 0 Å². The van der Waals surface area contributed by atoms with Crippen LogP contribution in [0.25, 0.3) is 0 Å². The molecule has 1 nitrogen and oxygen atoms in total. The second-order valence-electron chi connectivity index (χ2n) is 1.47. The summed E-state index contributed by atoms with van der Waals surface area (Å²) in [6.07, 6.45) is 2.32. The number of ether oxygens (including phenoxy) is 1. The van der Waals surface area contributed by atoms with E-state index < -0.39 is 0 Å². The molecule has 0 aromatic rings. The molecule has 0 aromatic carbocycles. The summed E-state index contributed by atoms with van der Waals surface area (Å²) in [5.74, 6) is 0. The fourth-order valence-electron chi connectivity index (χ4n) is 0.561. The highest BCUT2D eigenvalue weighted by molar-refractivity contribution is 7.80. The standard InChI is InChI=1S/C4H8OS/c6-4-2-1-3-5-4/h4,6H,1-3H2/t4-/m1/s1. The molecule has 1 atom stereocenters. The smallest absolute Gasteiger partial charge is 0.1000 e. The van der Waals surface area contributed by atoms with E-state index in [1.165, 1.54) is 6.42 Å². The van der Waals surface area contributed by atoms with Crippen molar-refractivity contribution >= 4 is 12.6 Å². The lowest BCUT2D eigenvalue weighted by molar-refractivity contribution is 0.175. The molecule has 1 heterocycles. The zero-order valence-corrected chi connectivity index (χ0v) is 4.45. The van der Waals surface area contributed by atoms with Crippen LogP contribution in [-0.4, -0.2) is 12.0 Å². The van der Waals surface area contributed by atoms with Gasteiger partial charge in [-0.25, -0.2) is 0 Å². The van der Waals surface area contributed by atoms with Crippen LogP contribution in [0, 0.1) is 0 Å². The first kappa shape index (κ1) is 4.47. The topological polar surface area (TPSA) is 9.23 Å². The first-order valence-corrected chi connectivity index (χ1v) is 2.71. The monoisotopic (exact) mass is 104 g/mol. The first-order chi connectivity index (χ1) is 2.89. The molecule has 0 spiro atoms. The molecule has 1 aliphatic heterocycles. The van der Waals surface area contributed by atoms with Gasteiger partial charge in [-0.1, -0.05) is 0 Å². The van der Waals surface area contributed by atoms with Gasteiger partial charge in [-0.3, -0.25) is 0 Å². The maximum absolute atomic E-state index is 5.02. The summed E-state index contributed by atoms with van der Waals surface area (Å²) in [6, 6.07) is 0. The summed E-state index contributed by atoms with van der Waals surface area (Å²) in [7, 11) is 0. The Kier molecular flexibility index (Phi) is 1.37. The average molecular weight is 104 g/mol. The predicted molar refractivity (Wildman–Crippen MR) is 28.0 cm³/mol. The molecule has 36 valence electrons. The summed E-state index contributed by atoms with van der Waals surface area (Å²) >= 11 is 4.07. The van der Waals surface area contributed by atoms with Gasteiger partial charge >= 0.3 is 0 Å². The third kappa shape index (κ3) is 0.884. The van der Waals surface area contributed by atoms with Crippen molar-refractivity contribution in [1.82, 2.24) is 0 Å². The van der Waals surface area contributed by atoms with Gasteiger partial charge in [0.25, 0.3) is 0 Å².